The average Bonchev–Trinajstić information content (AvgIpc) is 2.87. The third-order valence-corrected chi connectivity index (χ3v) is 3.17. The van der Waals surface area contributed by atoms with Crippen LogP contribution in [-0.2, 0) is 9.47 Å². The summed E-state index contributed by atoms with van der Waals surface area (Å²) in [7, 11) is 1.20. The van der Waals surface area contributed by atoms with E-state index < -0.39 is 29.5 Å². The van der Waals surface area contributed by atoms with Gasteiger partial charge in [0.05, 0.1) is 13.2 Å². The van der Waals surface area contributed by atoms with E-state index >= 15 is 0 Å². The Balaban J connectivity index is 2.30. The maximum absolute atomic E-state index is 13.7. The predicted molar refractivity (Wildman–Crippen MR) is 85.3 cm³/mol. The average molecular weight is 337 g/mol. The minimum absolute atomic E-state index is 0.0109. The Morgan fingerprint density at radius 2 is 1.92 bits per heavy atom. The summed E-state index contributed by atoms with van der Waals surface area (Å²) in [5, 5.41) is 3.03. The van der Waals surface area contributed by atoms with Crippen LogP contribution in [0, 0.1) is 5.82 Å². The van der Waals surface area contributed by atoms with Crippen LogP contribution in [0.2, 0.25) is 0 Å². The first-order valence-corrected chi connectivity index (χ1v) is 7.41. The van der Waals surface area contributed by atoms with Crippen molar-refractivity contribution in [3.8, 4) is 0 Å². The van der Waals surface area contributed by atoms with E-state index in [1.165, 1.54) is 13.2 Å². The first-order valence-electron chi connectivity index (χ1n) is 7.41. The molecule has 130 valence electrons. The largest absolute Gasteiger partial charge is 0.465 e. The maximum atomic E-state index is 13.7. The molecule has 2 rings (SSSR count). The summed E-state index contributed by atoms with van der Waals surface area (Å²) >= 11 is 0. The summed E-state index contributed by atoms with van der Waals surface area (Å²) in [6, 6.07) is 3.33. The van der Waals surface area contributed by atoms with E-state index in [0.717, 1.165) is 6.07 Å². The minimum atomic E-state index is -0.701. The molecule has 1 aromatic heterocycles. The Labute approximate surface area is 138 Å². The van der Waals surface area contributed by atoms with Gasteiger partial charge in [0.2, 0.25) is 0 Å². The molecule has 0 unspecified atom stereocenters. The molecule has 0 radical (unpaired) electrons. The van der Waals surface area contributed by atoms with Crippen LogP contribution in [0.25, 0.3) is 11.0 Å². The standard InChI is InChI=1S/C17H20FNO5/c1-9(19-16(21)24-17(2,3)4)13-7-10-6-11(18)8-12(14(10)23-13)15(20)22-5/h6-9H,1-5H3,(H,19,21)/t9-/m0/s1. The first-order chi connectivity index (χ1) is 11.1. The Morgan fingerprint density at radius 3 is 2.50 bits per heavy atom. The molecular weight excluding hydrogens is 317 g/mol. The zero-order valence-electron chi connectivity index (χ0n) is 14.2. The Bertz CT molecular complexity index is 775. The molecule has 0 bridgehead atoms. The van der Waals surface area contributed by atoms with Gasteiger partial charge < -0.3 is 19.2 Å². The number of rotatable bonds is 3. The second-order valence-corrected chi connectivity index (χ2v) is 6.38. The van der Waals surface area contributed by atoms with Gasteiger partial charge in [-0.25, -0.2) is 14.0 Å². The molecule has 0 aliphatic carbocycles. The fraction of sp³-hybridized carbons (Fsp3) is 0.412. The number of benzene rings is 1. The number of ether oxygens (including phenoxy) is 2. The number of hydrogen-bond donors (Lipinski definition) is 1. The normalized spacial score (nSPS) is 12.8. The van der Waals surface area contributed by atoms with Gasteiger partial charge >= 0.3 is 12.1 Å². The minimum Gasteiger partial charge on any atom is -0.465 e. The van der Waals surface area contributed by atoms with Gasteiger partial charge in [-0.15, -0.1) is 0 Å². The topological polar surface area (TPSA) is 77.8 Å². The molecule has 6 nitrogen and oxygen atoms in total. The number of hydrogen-bond acceptors (Lipinski definition) is 5. The number of alkyl carbamates (subject to hydrolysis) is 1. The van der Waals surface area contributed by atoms with Gasteiger partial charge in [0, 0.05) is 5.39 Å². The lowest BCUT2D eigenvalue weighted by atomic mass is 10.1. The summed E-state index contributed by atoms with van der Waals surface area (Å²) in [6.45, 7) is 6.95. The van der Waals surface area contributed by atoms with Gasteiger partial charge in [0.25, 0.3) is 0 Å². The molecule has 1 amide bonds. The van der Waals surface area contributed by atoms with Gasteiger partial charge in [-0.2, -0.15) is 0 Å². The fourth-order valence-corrected chi connectivity index (χ4v) is 2.17. The second-order valence-electron chi connectivity index (χ2n) is 6.38. The lowest BCUT2D eigenvalue weighted by Gasteiger charge is -2.21. The van der Waals surface area contributed by atoms with E-state index in [1.807, 2.05) is 0 Å². The number of nitrogens with one attached hydrogen (secondary N) is 1. The van der Waals surface area contributed by atoms with Crippen molar-refractivity contribution in [1.29, 1.82) is 0 Å². The van der Waals surface area contributed by atoms with E-state index in [1.54, 1.807) is 33.8 Å². The summed E-state index contributed by atoms with van der Waals surface area (Å²) in [5.41, 5.74) is -0.432. The van der Waals surface area contributed by atoms with Crippen LogP contribution in [0.4, 0.5) is 9.18 Å². The molecule has 0 saturated carbocycles. The third-order valence-electron chi connectivity index (χ3n) is 3.17. The molecule has 1 aromatic carbocycles. The number of amides is 1. The SMILES string of the molecule is COC(=O)c1cc(F)cc2cc([C@H](C)NC(=O)OC(C)(C)C)oc12. The molecule has 7 heteroatoms. The zero-order valence-corrected chi connectivity index (χ0v) is 14.2. The molecule has 0 spiro atoms. The lowest BCUT2D eigenvalue weighted by molar-refractivity contribution is 0.0501. The van der Waals surface area contributed by atoms with Crippen LogP contribution >= 0.6 is 0 Å². The molecule has 2 aromatic rings. The van der Waals surface area contributed by atoms with Crippen molar-refractivity contribution in [3.63, 3.8) is 0 Å². The molecule has 0 saturated heterocycles. The van der Waals surface area contributed by atoms with Crippen molar-refractivity contribution >= 4 is 23.0 Å². The van der Waals surface area contributed by atoms with Crippen molar-refractivity contribution < 1.29 is 27.9 Å². The summed E-state index contributed by atoms with van der Waals surface area (Å²) in [4.78, 5) is 23.6. The Hall–Kier alpha value is -2.57. The van der Waals surface area contributed by atoms with Crippen molar-refractivity contribution in [2.75, 3.05) is 7.11 Å². The van der Waals surface area contributed by atoms with Crippen LogP contribution in [0.5, 0.6) is 0 Å². The van der Waals surface area contributed by atoms with Gasteiger partial charge in [0.1, 0.15) is 28.3 Å². The predicted octanol–water partition coefficient (Wildman–Crippen LogP) is 3.94. The smallest absolute Gasteiger partial charge is 0.408 e. The van der Waals surface area contributed by atoms with E-state index in [4.69, 9.17) is 9.15 Å². The van der Waals surface area contributed by atoms with E-state index in [2.05, 4.69) is 10.1 Å². The second kappa shape index (κ2) is 6.51. The number of carbonyl (C=O) groups is 2. The van der Waals surface area contributed by atoms with Gasteiger partial charge in [-0.05, 0) is 45.9 Å². The first kappa shape index (κ1) is 17.8. The van der Waals surface area contributed by atoms with Crippen molar-refractivity contribution in [2.45, 2.75) is 39.3 Å². The summed E-state index contributed by atoms with van der Waals surface area (Å²) in [5.74, 6) is -0.914. The lowest BCUT2D eigenvalue weighted by Crippen LogP contribution is -2.33. The highest BCUT2D eigenvalue weighted by Gasteiger charge is 2.22. The third kappa shape index (κ3) is 4.04. The fourth-order valence-electron chi connectivity index (χ4n) is 2.17. The van der Waals surface area contributed by atoms with E-state index in [9.17, 15) is 14.0 Å². The van der Waals surface area contributed by atoms with Crippen LogP contribution in [0.15, 0.2) is 22.6 Å². The van der Waals surface area contributed by atoms with Crippen LogP contribution < -0.4 is 5.32 Å². The number of halogens is 1. The van der Waals surface area contributed by atoms with E-state index in [0.29, 0.717) is 11.1 Å². The molecule has 1 heterocycles. The van der Waals surface area contributed by atoms with Gasteiger partial charge in [-0.3, -0.25) is 0 Å². The van der Waals surface area contributed by atoms with Crippen LogP contribution in [0.3, 0.4) is 0 Å². The van der Waals surface area contributed by atoms with Crippen molar-refractivity contribution in [2.24, 2.45) is 0 Å². The molecular formula is C17H20FNO5. The quantitative estimate of drug-likeness (QED) is 0.858. The van der Waals surface area contributed by atoms with Gasteiger partial charge in [-0.1, -0.05) is 0 Å². The van der Waals surface area contributed by atoms with E-state index in [-0.39, 0.29) is 11.1 Å². The highest BCUT2D eigenvalue weighted by atomic mass is 19.1. The number of esters is 1. The number of furan rings is 1. The van der Waals surface area contributed by atoms with Crippen molar-refractivity contribution in [3.05, 3.63) is 35.3 Å². The molecule has 0 aliphatic rings. The zero-order chi connectivity index (χ0) is 18.1. The summed E-state index contributed by atoms with van der Waals surface area (Å²) < 4.78 is 29.1. The Morgan fingerprint density at radius 1 is 1.25 bits per heavy atom. The monoisotopic (exact) mass is 337 g/mol. The van der Waals surface area contributed by atoms with Gasteiger partial charge in [0.15, 0.2) is 0 Å². The molecule has 24 heavy (non-hydrogen) atoms. The van der Waals surface area contributed by atoms with Crippen LogP contribution in [0.1, 0.15) is 49.9 Å². The summed E-state index contributed by atoms with van der Waals surface area (Å²) in [6.07, 6.45) is -0.602. The number of methoxy groups -OCH3 is 1. The molecule has 0 aliphatic heterocycles. The highest BCUT2D eigenvalue weighted by molar-refractivity contribution is 6.02. The van der Waals surface area contributed by atoms with Crippen molar-refractivity contribution in [1.82, 2.24) is 5.32 Å². The highest BCUT2D eigenvalue weighted by Crippen LogP contribution is 2.28. The number of fused-ring (bicyclic) bond motifs is 1. The molecule has 0 fully saturated rings. The Kier molecular flexibility index (Phi) is 4.82. The number of carbonyl (C=O) groups excluding carboxylic acids is 2. The van der Waals surface area contributed by atoms with Crippen LogP contribution in [-0.4, -0.2) is 24.8 Å². The molecule has 1 atom stereocenters. The maximum Gasteiger partial charge on any atom is 0.408 e. The molecule has 1 N–H and O–H groups in total.